The maximum Gasteiger partial charge on any atom is 0.325 e. The molecule has 3 aromatic carbocycles. The number of hydrogen-bond donors (Lipinski definition) is 2. The maximum absolute atomic E-state index is 12.2. The van der Waals surface area contributed by atoms with E-state index < -0.39 is 30.9 Å². The highest BCUT2D eigenvalue weighted by Crippen LogP contribution is 2.29. The van der Waals surface area contributed by atoms with Gasteiger partial charge in [0.25, 0.3) is 11.8 Å². The lowest BCUT2D eigenvalue weighted by Gasteiger charge is -2.12. The van der Waals surface area contributed by atoms with Gasteiger partial charge in [-0.15, -0.1) is 0 Å². The molecule has 0 radical (unpaired) electrons. The van der Waals surface area contributed by atoms with E-state index in [1.807, 2.05) is 18.2 Å². The molecule has 0 spiro atoms. The molecule has 3 aromatic rings. The Hall–Kier alpha value is -3.55. The van der Waals surface area contributed by atoms with E-state index in [-0.39, 0.29) is 10.6 Å². The molecule has 0 atom stereocenters. The van der Waals surface area contributed by atoms with Crippen LogP contribution in [0.25, 0.3) is 0 Å². The first-order valence-corrected chi connectivity index (χ1v) is 10.2. The minimum atomic E-state index is -0.785. The molecule has 0 saturated carbocycles. The highest BCUT2D eigenvalue weighted by atomic mass is 35.5. The highest BCUT2D eigenvalue weighted by molar-refractivity contribution is 6.36. The van der Waals surface area contributed by atoms with Gasteiger partial charge in [-0.05, 0) is 42.5 Å². The molecular formula is C23H18Cl2N2O5. The third kappa shape index (κ3) is 6.73. The molecule has 2 N–H and O–H groups in total. The minimum Gasteiger partial charge on any atom is -0.455 e. The van der Waals surface area contributed by atoms with Crippen LogP contribution in [0.4, 0.5) is 5.69 Å². The van der Waals surface area contributed by atoms with E-state index in [4.69, 9.17) is 32.7 Å². The Morgan fingerprint density at radius 2 is 1.59 bits per heavy atom. The second kappa shape index (κ2) is 11.2. The second-order valence-electron chi connectivity index (χ2n) is 6.43. The molecule has 0 unspecified atom stereocenters. The van der Waals surface area contributed by atoms with Crippen molar-refractivity contribution >= 4 is 46.7 Å². The first kappa shape index (κ1) is 23.1. The number of carbonyl (C=O) groups excluding carboxylic acids is 3. The zero-order chi connectivity index (χ0) is 22.9. The molecular weight excluding hydrogens is 455 g/mol. The molecule has 0 saturated heterocycles. The topological polar surface area (TPSA) is 93.7 Å². The van der Waals surface area contributed by atoms with E-state index in [1.165, 1.54) is 18.2 Å². The number of para-hydroxylation sites is 3. The number of hydrogen-bond acceptors (Lipinski definition) is 5. The number of benzene rings is 3. The van der Waals surface area contributed by atoms with E-state index in [2.05, 4.69) is 10.6 Å². The maximum atomic E-state index is 12.2. The number of ether oxygens (including phenoxy) is 2. The van der Waals surface area contributed by atoms with Crippen LogP contribution < -0.4 is 15.4 Å². The Balaban J connectivity index is 1.48. The molecule has 0 aromatic heterocycles. The average Bonchev–Trinajstić information content (AvgIpc) is 2.78. The first-order valence-electron chi connectivity index (χ1n) is 9.43. The third-order valence-corrected chi connectivity index (χ3v) is 4.61. The molecule has 0 aliphatic rings. The molecule has 0 heterocycles. The summed E-state index contributed by atoms with van der Waals surface area (Å²) in [5.74, 6) is -0.871. The van der Waals surface area contributed by atoms with Gasteiger partial charge in [0.15, 0.2) is 12.4 Å². The molecule has 7 nitrogen and oxygen atoms in total. The molecule has 2 amide bonds. The summed E-state index contributed by atoms with van der Waals surface area (Å²) in [6.07, 6.45) is 0. The number of esters is 1. The van der Waals surface area contributed by atoms with Crippen LogP contribution in [0.2, 0.25) is 10.0 Å². The van der Waals surface area contributed by atoms with Crippen molar-refractivity contribution in [2.75, 3.05) is 18.5 Å². The Morgan fingerprint density at radius 3 is 2.34 bits per heavy atom. The number of anilines is 1. The zero-order valence-corrected chi connectivity index (χ0v) is 18.2. The Kier molecular flexibility index (Phi) is 8.08. The van der Waals surface area contributed by atoms with E-state index >= 15 is 0 Å². The van der Waals surface area contributed by atoms with Crippen molar-refractivity contribution in [2.24, 2.45) is 0 Å². The molecule has 0 fully saturated rings. The average molecular weight is 473 g/mol. The summed E-state index contributed by atoms with van der Waals surface area (Å²) in [7, 11) is 0. The monoisotopic (exact) mass is 472 g/mol. The van der Waals surface area contributed by atoms with Gasteiger partial charge in [-0.25, -0.2) is 0 Å². The van der Waals surface area contributed by atoms with Gasteiger partial charge in [0, 0.05) is 5.02 Å². The summed E-state index contributed by atoms with van der Waals surface area (Å²) in [5.41, 5.74) is 0.583. The summed E-state index contributed by atoms with van der Waals surface area (Å²) in [6, 6.07) is 20.3. The molecule has 32 heavy (non-hydrogen) atoms. The SMILES string of the molecule is O=C(COC(=O)CNC(=O)c1ccc(Cl)cc1Cl)Nc1ccccc1Oc1ccccc1. The van der Waals surface area contributed by atoms with Gasteiger partial charge in [-0.2, -0.15) is 0 Å². The summed E-state index contributed by atoms with van der Waals surface area (Å²) in [4.78, 5) is 36.2. The van der Waals surface area contributed by atoms with Crippen LogP contribution in [0.15, 0.2) is 72.8 Å². The largest absolute Gasteiger partial charge is 0.455 e. The van der Waals surface area contributed by atoms with Crippen molar-refractivity contribution < 1.29 is 23.9 Å². The Labute approximate surface area is 194 Å². The van der Waals surface area contributed by atoms with E-state index in [0.717, 1.165) is 0 Å². The van der Waals surface area contributed by atoms with Crippen LogP contribution in [-0.2, 0) is 14.3 Å². The molecule has 0 aliphatic carbocycles. The van der Waals surface area contributed by atoms with Crippen molar-refractivity contribution in [1.82, 2.24) is 5.32 Å². The van der Waals surface area contributed by atoms with Crippen molar-refractivity contribution in [1.29, 1.82) is 0 Å². The summed E-state index contributed by atoms with van der Waals surface area (Å²) < 4.78 is 10.7. The number of amides is 2. The van der Waals surface area contributed by atoms with Gasteiger partial charge < -0.3 is 20.1 Å². The molecule has 0 bridgehead atoms. The molecule has 3 rings (SSSR count). The van der Waals surface area contributed by atoms with Gasteiger partial charge in [0.05, 0.1) is 16.3 Å². The van der Waals surface area contributed by atoms with Gasteiger partial charge in [0.2, 0.25) is 0 Å². The van der Waals surface area contributed by atoms with Gasteiger partial charge in [-0.1, -0.05) is 53.5 Å². The van der Waals surface area contributed by atoms with Crippen LogP contribution in [0, 0.1) is 0 Å². The number of rotatable bonds is 8. The van der Waals surface area contributed by atoms with Crippen LogP contribution in [0.3, 0.4) is 0 Å². The third-order valence-electron chi connectivity index (χ3n) is 4.07. The predicted octanol–water partition coefficient (Wildman–Crippen LogP) is 4.70. The van der Waals surface area contributed by atoms with Crippen LogP contribution in [-0.4, -0.2) is 30.9 Å². The lowest BCUT2D eigenvalue weighted by molar-refractivity contribution is -0.146. The summed E-state index contributed by atoms with van der Waals surface area (Å²) in [5, 5.41) is 5.54. The standard InChI is InChI=1S/C23H18Cl2N2O5/c24-15-10-11-17(18(25)12-15)23(30)26-13-22(29)31-14-21(28)27-19-8-4-5-9-20(19)32-16-6-2-1-3-7-16/h1-12H,13-14H2,(H,26,30)(H,27,28). The first-order chi connectivity index (χ1) is 15.4. The molecule has 0 aliphatic heterocycles. The fourth-order valence-electron chi connectivity index (χ4n) is 2.58. The van der Waals surface area contributed by atoms with Gasteiger partial charge in [0.1, 0.15) is 12.3 Å². The quantitative estimate of drug-likeness (QED) is 0.463. The van der Waals surface area contributed by atoms with Crippen molar-refractivity contribution in [3.05, 3.63) is 88.4 Å². The van der Waals surface area contributed by atoms with Crippen LogP contribution in [0.5, 0.6) is 11.5 Å². The summed E-state index contributed by atoms with van der Waals surface area (Å²) in [6.45, 7) is -0.963. The summed E-state index contributed by atoms with van der Waals surface area (Å²) >= 11 is 11.8. The lowest BCUT2D eigenvalue weighted by atomic mass is 10.2. The van der Waals surface area contributed by atoms with Crippen molar-refractivity contribution in [3.8, 4) is 11.5 Å². The van der Waals surface area contributed by atoms with E-state index in [1.54, 1.807) is 36.4 Å². The Bertz CT molecular complexity index is 1120. The number of carbonyl (C=O) groups is 3. The minimum absolute atomic E-state index is 0.152. The van der Waals surface area contributed by atoms with Gasteiger partial charge in [-0.3, -0.25) is 14.4 Å². The highest BCUT2D eigenvalue weighted by Gasteiger charge is 2.14. The molecule has 164 valence electrons. The fraction of sp³-hybridized carbons (Fsp3) is 0.0870. The zero-order valence-electron chi connectivity index (χ0n) is 16.6. The predicted molar refractivity (Wildman–Crippen MR) is 121 cm³/mol. The number of nitrogens with one attached hydrogen (secondary N) is 2. The normalized spacial score (nSPS) is 10.2. The van der Waals surface area contributed by atoms with E-state index in [0.29, 0.717) is 22.2 Å². The Morgan fingerprint density at radius 1 is 0.875 bits per heavy atom. The smallest absolute Gasteiger partial charge is 0.325 e. The van der Waals surface area contributed by atoms with E-state index in [9.17, 15) is 14.4 Å². The van der Waals surface area contributed by atoms with Crippen LogP contribution >= 0.6 is 23.2 Å². The second-order valence-corrected chi connectivity index (χ2v) is 7.27. The molecule has 9 heteroatoms. The fourth-order valence-corrected chi connectivity index (χ4v) is 3.07. The van der Waals surface area contributed by atoms with Crippen LogP contribution in [0.1, 0.15) is 10.4 Å². The van der Waals surface area contributed by atoms with Crippen molar-refractivity contribution in [3.63, 3.8) is 0 Å². The van der Waals surface area contributed by atoms with Crippen molar-refractivity contribution in [2.45, 2.75) is 0 Å². The van der Waals surface area contributed by atoms with Gasteiger partial charge >= 0.3 is 5.97 Å². The number of halogens is 2. The lowest BCUT2D eigenvalue weighted by Crippen LogP contribution is -2.32.